The Morgan fingerprint density at radius 2 is 2.50 bits per heavy atom. The third-order valence-electron chi connectivity index (χ3n) is 1.38. The van der Waals surface area contributed by atoms with Crippen molar-refractivity contribution in [2.45, 2.75) is 13.3 Å². The molecule has 0 aliphatic rings. The molecule has 0 unspecified atom stereocenters. The molecule has 56 valence electrons. The summed E-state index contributed by atoms with van der Waals surface area (Å²) < 4.78 is 5.14. The van der Waals surface area contributed by atoms with E-state index in [1.54, 1.807) is 6.26 Å². The Hall–Kier alpha value is -0.760. The van der Waals surface area contributed by atoms with Crippen LogP contribution in [0.5, 0.6) is 0 Å². The molecule has 0 radical (unpaired) electrons. The normalized spacial score (nSPS) is 10.1. The zero-order valence-electron chi connectivity index (χ0n) is 6.26. The SMILES string of the molecule is CCNCCc1ccco1. The molecule has 1 aromatic rings. The molecule has 0 amide bonds. The summed E-state index contributed by atoms with van der Waals surface area (Å²) in [4.78, 5) is 0. The van der Waals surface area contributed by atoms with Gasteiger partial charge in [-0.15, -0.1) is 0 Å². The quantitative estimate of drug-likeness (QED) is 0.638. The van der Waals surface area contributed by atoms with Crippen LogP contribution >= 0.6 is 0 Å². The molecule has 0 aliphatic carbocycles. The zero-order chi connectivity index (χ0) is 7.23. The van der Waals surface area contributed by atoms with Gasteiger partial charge in [0.15, 0.2) is 0 Å². The van der Waals surface area contributed by atoms with Gasteiger partial charge in [0.1, 0.15) is 5.76 Å². The van der Waals surface area contributed by atoms with Gasteiger partial charge in [0.05, 0.1) is 6.26 Å². The zero-order valence-corrected chi connectivity index (χ0v) is 6.26. The van der Waals surface area contributed by atoms with E-state index in [1.165, 1.54) is 0 Å². The first-order valence-electron chi connectivity index (χ1n) is 3.66. The molecule has 0 bridgehead atoms. The predicted molar refractivity (Wildman–Crippen MR) is 41.0 cm³/mol. The molecule has 1 rings (SSSR count). The minimum atomic E-state index is 0.987. The maximum absolute atomic E-state index is 5.14. The number of nitrogens with one attached hydrogen (secondary N) is 1. The van der Waals surface area contributed by atoms with Crippen LogP contribution in [-0.4, -0.2) is 13.1 Å². The highest BCUT2D eigenvalue weighted by molar-refractivity contribution is 4.98. The largest absolute Gasteiger partial charge is 0.469 e. The van der Waals surface area contributed by atoms with Gasteiger partial charge >= 0.3 is 0 Å². The lowest BCUT2D eigenvalue weighted by Crippen LogP contribution is -2.15. The second-order valence-corrected chi connectivity index (χ2v) is 2.18. The van der Waals surface area contributed by atoms with Gasteiger partial charge in [-0.2, -0.15) is 0 Å². The van der Waals surface area contributed by atoms with Gasteiger partial charge in [-0.1, -0.05) is 6.92 Å². The molecule has 0 saturated heterocycles. The summed E-state index contributed by atoms with van der Waals surface area (Å²) >= 11 is 0. The average molecular weight is 139 g/mol. The summed E-state index contributed by atoms with van der Waals surface area (Å²) in [7, 11) is 0. The van der Waals surface area contributed by atoms with E-state index < -0.39 is 0 Å². The first kappa shape index (κ1) is 7.35. The van der Waals surface area contributed by atoms with E-state index in [0.29, 0.717) is 0 Å². The van der Waals surface area contributed by atoms with Crippen LogP contribution in [0.1, 0.15) is 12.7 Å². The highest BCUT2D eigenvalue weighted by Gasteiger charge is 1.92. The molecule has 2 nitrogen and oxygen atoms in total. The van der Waals surface area contributed by atoms with Crippen molar-refractivity contribution in [3.8, 4) is 0 Å². The summed E-state index contributed by atoms with van der Waals surface area (Å²) in [6, 6.07) is 3.92. The highest BCUT2D eigenvalue weighted by Crippen LogP contribution is 1.98. The van der Waals surface area contributed by atoms with Crippen molar-refractivity contribution in [1.29, 1.82) is 0 Å². The lowest BCUT2D eigenvalue weighted by Gasteiger charge is -1.96. The molecular weight excluding hydrogens is 126 g/mol. The van der Waals surface area contributed by atoms with Gasteiger partial charge in [-0.3, -0.25) is 0 Å². The second kappa shape index (κ2) is 4.12. The van der Waals surface area contributed by atoms with E-state index in [4.69, 9.17) is 4.42 Å². The van der Waals surface area contributed by atoms with Crippen LogP contribution < -0.4 is 5.32 Å². The van der Waals surface area contributed by atoms with Crippen LogP contribution in [0.4, 0.5) is 0 Å². The Morgan fingerprint density at radius 1 is 1.60 bits per heavy atom. The second-order valence-electron chi connectivity index (χ2n) is 2.18. The number of rotatable bonds is 4. The fourth-order valence-electron chi connectivity index (χ4n) is 0.843. The fourth-order valence-corrected chi connectivity index (χ4v) is 0.843. The average Bonchev–Trinajstić information content (AvgIpc) is 2.41. The van der Waals surface area contributed by atoms with Gasteiger partial charge in [0, 0.05) is 13.0 Å². The van der Waals surface area contributed by atoms with Crippen LogP contribution in [-0.2, 0) is 6.42 Å². The summed E-state index contributed by atoms with van der Waals surface area (Å²) in [6.45, 7) is 4.13. The van der Waals surface area contributed by atoms with Gasteiger partial charge < -0.3 is 9.73 Å². The third-order valence-corrected chi connectivity index (χ3v) is 1.38. The molecule has 1 heterocycles. The minimum Gasteiger partial charge on any atom is -0.469 e. The first-order valence-corrected chi connectivity index (χ1v) is 3.66. The van der Waals surface area contributed by atoms with Gasteiger partial charge in [-0.05, 0) is 18.7 Å². The topological polar surface area (TPSA) is 25.2 Å². The molecule has 10 heavy (non-hydrogen) atoms. The molecule has 1 N–H and O–H groups in total. The maximum Gasteiger partial charge on any atom is 0.105 e. The van der Waals surface area contributed by atoms with Crippen molar-refractivity contribution < 1.29 is 4.42 Å². The summed E-state index contributed by atoms with van der Waals surface area (Å²) in [5.74, 6) is 1.06. The fraction of sp³-hybridized carbons (Fsp3) is 0.500. The standard InChI is InChI=1S/C8H13NO/c1-2-9-6-5-8-4-3-7-10-8/h3-4,7,9H,2,5-6H2,1H3. The van der Waals surface area contributed by atoms with Crippen LogP contribution in [0.25, 0.3) is 0 Å². The number of hydrogen-bond donors (Lipinski definition) is 1. The van der Waals surface area contributed by atoms with Crippen LogP contribution in [0.15, 0.2) is 22.8 Å². The summed E-state index contributed by atoms with van der Waals surface area (Å²) in [5.41, 5.74) is 0. The lowest BCUT2D eigenvalue weighted by molar-refractivity contribution is 0.501. The van der Waals surface area contributed by atoms with Crippen molar-refractivity contribution in [3.05, 3.63) is 24.2 Å². The molecule has 0 aromatic carbocycles. The van der Waals surface area contributed by atoms with Gasteiger partial charge in [0.25, 0.3) is 0 Å². The summed E-state index contributed by atoms with van der Waals surface area (Å²) in [6.07, 6.45) is 2.70. The van der Waals surface area contributed by atoms with Crippen LogP contribution in [0.2, 0.25) is 0 Å². The first-order chi connectivity index (χ1) is 4.93. The molecule has 0 spiro atoms. The number of hydrogen-bond acceptors (Lipinski definition) is 2. The van der Waals surface area contributed by atoms with E-state index in [-0.39, 0.29) is 0 Å². The van der Waals surface area contributed by atoms with Gasteiger partial charge in [0.2, 0.25) is 0 Å². The Labute approximate surface area is 61.2 Å². The van der Waals surface area contributed by atoms with E-state index in [2.05, 4.69) is 12.2 Å². The Balaban J connectivity index is 2.15. The monoisotopic (exact) mass is 139 g/mol. The maximum atomic E-state index is 5.14. The Bertz CT molecular complexity index is 158. The molecule has 0 atom stereocenters. The Kier molecular flexibility index (Phi) is 3.03. The van der Waals surface area contributed by atoms with Crippen molar-refractivity contribution >= 4 is 0 Å². The lowest BCUT2D eigenvalue weighted by atomic mass is 10.3. The molecule has 0 aliphatic heterocycles. The molecule has 1 aromatic heterocycles. The summed E-state index contributed by atoms with van der Waals surface area (Å²) in [5, 5.41) is 3.23. The van der Waals surface area contributed by atoms with E-state index in [1.807, 2.05) is 12.1 Å². The Morgan fingerprint density at radius 3 is 3.10 bits per heavy atom. The molecule has 0 fully saturated rings. The van der Waals surface area contributed by atoms with Crippen molar-refractivity contribution in [2.75, 3.05) is 13.1 Å². The third kappa shape index (κ3) is 2.23. The number of furan rings is 1. The van der Waals surface area contributed by atoms with Crippen molar-refractivity contribution in [3.63, 3.8) is 0 Å². The predicted octanol–water partition coefficient (Wildman–Crippen LogP) is 1.43. The highest BCUT2D eigenvalue weighted by atomic mass is 16.3. The van der Waals surface area contributed by atoms with Crippen molar-refractivity contribution in [2.24, 2.45) is 0 Å². The van der Waals surface area contributed by atoms with Gasteiger partial charge in [-0.25, -0.2) is 0 Å². The molecule has 2 heteroatoms. The van der Waals surface area contributed by atoms with E-state index >= 15 is 0 Å². The van der Waals surface area contributed by atoms with E-state index in [0.717, 1.165) is 25.3 Å². The smallest absolute Gasteiger partial charge is 0.105 e. The minimum absolute atomic E-state index is 0.987. The van der Waals surface area contributed by atoms with Crippen LogP contribution in [0, 0.1) is 0 Å². The van der Waals surface area contributed by atoms with Crippen LogP contribution in [0.3, 0.4) is 0 Å². The van der Waals surface area contributed by atoms with Crippen molar-refractivity contribution in [1.82, 2.24) is 5.32 Å². The molecular formula is C8H13NO. The number of likely N-dealkylation sites (N-methyl/N-ethyl adjacent to an activating group) is 1. The molecule has 0 saturated carbocycles. The van der Waals surface area contributed by atoms with E-state index in [9.17, 15) is 0 Å².